The lowest BCUT2D eigenvalue weighted by Crippen LogP contribution is -2.50. The van der Waals surface area contributed by atoms with Gasteiger partial charge in [-0.2, -0.15) is 0 Å². The molecular weight excluding hydrogens is 849 g/mol. The summed E-state index contributed by atoms with van der Waals surface area (Å²) in [6.07, 6.45) is 6.27. The zero-order valence-electron chi connectivity index (χ0n) is 44.9. The average molecular weight is 958 g/mol. The normalized spacial score (nSPS) is 12.9. The molecule has 0 aromatic rings. The van der Waals surface area contributed by atoms with Gasteiger partial charge < -0.3 is 17.9 Å². The quantitative estimate of drug-likeness (QED) is 0.0660. The third kappa shape index (κ3) is 36.1. The van der Waals surface area contributed by atoms with Crippen LogP contribution in [0.25, 0.3) is 0 Å². The molecule has 0 saturated heterocycles. The Morgan fingerprint density at radius 2 is 0.581 bits per heavy atom. The lowest BCUT2D eigenvalue weighted by molar-refractivity contribution is -0.924. The van der Waals surface area contributed by atoms with Crippen LogP contribution in [0.2, 0.25) is 0 Å². The zero-order valence-corrected chi connectivity index (χ0v) is 48.2. The van der Waals surface area contributed by atoms with E-state index in [2.05, 4.69) is 83.5 Å². The third-order valence-corrected chi connectivity index (χ3v) is 16.3. The minimum absolute atomic E-state index is 0.167. The molecule has 372 valence electrons. The van der Waals surface area contributed by atoms with Gasteiger partial charge in [0.25, 0.3) is 0 Å². The molecule has 0 aliphatic rings. The van der Waals surface area contributed by atoms with Crippen LogP contribution in [0.15, 0.2) is 0 Å². The van der Waals surface area contributed by atoms with Gasteiger partial charge in [-0.3, -0.25) is 19.2 Å². The van der Waals surface area contributed by atoms with E-state index in [1.807, 2.05) is 55.4 Å². The van der Waals surface area contributed by atoms with Crippen molar-refractivity contribution in [2.45, 2.75) is 150 Å². The van der Waals surface area contributed by atoms with Gasteiger partial charge in [0.05, 0.1) is 129 Å². The average Bonchev–Trinajstić information content (AvgIpc) is 3.21. The van der Waals surface area contributed by atoms with E-state index in [9.17, 15) is 19.2 Å². The van der Waals surface area contributed by atoms with Crippen LogP contribution < -0.4 is 0 Å². The Kier molecular flexibility index (Phi) is 44.2. The van der Waals surface area contributed by atoms with Crippen molar-refractivity contribution in [2.24, 2.45) is 23.7 Å². The molecule has 0 saturated carbocycles. The summed E-state index contributed by atoms with van der Waals surface area (Å²) in [5.74, 6) is 4.53. The molecule has 0 fully saturated rings. The molecule has 0 aliphatic heterocycles. The van der Waals surface area contributed by atoms with E-state index < -0.39 is 0 Å². The number of carbonyl (C=O) groups excluding carboxylic acids is 4. The van der Waals surface area contributed by atoms with Gasteiger partial charge in [0, 0.05) is 23.7 Å². The Hall–Kier alpha value is -0.0800. The van der Waals surface area contributed by atoms with Crippen LogP contribution in [0.4, 0.5) is 0 Å². The summed E-state index contributed by atoms with van der Waals surface area (Å²) in [6, 6.07) is 0. The van der Waals surface area contributed by atoms with Crippen LogP contribution in [-0.4, -0.2) is 168 Å². The molecule has 0 spiro atoms. The predicted molar refractivity (Wildman–Crippen MR) is 285 cm³/mol. The van der Waals surface area contributed by atoms with Crippen LogP contribution in [-0.2, 0) is 19.2 Å². The van der Waals surface area contributed by atoms with E-state index in [0.29, 0.717) is 20.5 Å². The van der Waals surface area contributed by atoms with Crippen LogP contribution in [0.3, 0.4) is 0 Å². The fraction of sp³-hybridized carbons (Fsp3) is 0.920. The predicted octanol–water partition coefficient (Wildman–Crippen LogP) is 11.9. The van der Waals surface area contributed by atoms with Gasteiger partial charge in [0.15, 0.2) is 20.5 Å². The summed E-state index contributed by atoms with van der Waals surface area (Å²) in [5, 5.41) is 1.32. The monoisotopic (exact) mass is 957 g/mol. The highest BCUT2D eigenvalue weighted by Gasteiger charge is 2.25. The standard InChI is InChI=1S/C15H32NOS.C14H30NOS.C12H26NOS.C9H20NOS/c1-6-9-11-16(8-3,10-7-2)12-13-18-15(17)14(4)5;1-6-9-15(8-3,10-7-2)11-12-17-14(16)13(4)5;1-6-13(7-2,8-3)9-10-15-12(14)11(4)5;1-8(2)9(11)12-7-6-10(3,4)5/h14H,6-13H2,1-5H3;13H,6-12H2,1-5H3;11H,6-10H2,1-5H3;8H,6-7H2,1-5H3/q4*+1. The van der Waals surface area contributed by atoms with Crippen LogP contribution in [0, 0.1) is 23.7 Å². The highest BCUT2D eigenvalue weighted by Crippen LogP contribution is 2.18. The topological polar surface area (TPSA) is 68.3 Å². The van der Waals surface area contributed by atoms with Crippen LogP contribution >= 0.6 is 47.0 Å². The third-order valence-electron chi connectivity index (χ3n) is 11.8. The van der Waals surface area contributed by atoms with Gasteiger partial charge in [0.2, 0.25) is 0 Å². The molecule has 0 aliphatic carbocycles. The second-order valence-electron chi connectivity index (χ2n) is 19.3. The van der Waals surface area contributed by atoms with Crippen LogP contribution in [0.5, 0.6) is 0 Å². The number of rotatable bonds is 30. The van der Waals surface area contributed by atoms with Crippen molar-refractivity contribution in [1.29, 1.82) is 0 Å². The van der Waals surface area contributed by atoms with Gasteiger partial charge in [-0.15, -0.1) is 0 Å². The number of carbonyl (C=O) groups is 4. The number of thioether (sulfide) groups is 4. The highest BCUT2D eigenvalue weighted by molar-refractivity contribution is 8.14. The summed E-state index contributed by atoms with van der Waals surface area (Å²) in [4.78, 5) is 45.9. The number of hydrogen-bond acceptors (Lipinski definition) is 8. The molecule has 0 amide bonds. The van der Waals surface area contributed by atoms with Gasteiger partial charge in [-0.25, -0.2) is 0 Å². The largest absolute Gasteiger partial charge is 0.330 e. The molecule has 0 rings (SSSR count). The Morgan fingerprint density at radius 1 is 0.339 bits per heavy atom. The first-order valence-corrected chi connectivity index (χ1v) is 28.8. The molecule has 0 radical (unpaired) electrons. The van der Waals surface area contributed by atoms with Crippen LogP contribution in [0.1, 0.15) is 150 Å². The lowest BCUT2D eigenvalue weighted by atomic mass is 10.2. The Bertz CT molecular complexity index is 1110. The summed E-state index contributed by atoms with van der Waals surface area (Å²) in [7, 11) is 6.42. The molecular formula is C50H108N4O4S4+4. The molecule has 8 nitrogen and oxygen atoms in total. The van der Waals surface area contributed by atoms with Gasteiger partial charge >= 0.3 is 0 Å². The summed E-state index contributed by atoms with van der Waals surface area (Å²) in [5.41, 5.74) is 0. The van der Waals surface area contributed by atoms with Gasteiger partial charge in [-0.05, 0) is 60.3 Å². The molecule has 0 N–H and O–H groups in total. The van der Waals surface area contributed by atoms with Gasteiger partial charge in [-0.1, -0.05) is 137 Å². The minimum Gasteiger partial charge on any atom is -0.330 e. The highest BCUT2D eigenvalue weighted by atomic mass is 32.2. The molecule has 1 unspecified atom stereocenters. The fourth-order valence-corrected chi connectivity index (χ4v) is 11.0. The molecule has 0 bridgehead atoms. The number of hydrogen-bond donors (Lipinski definition) is 0. The van der Waals surface area contributed by atoms with E-state index in [4.69, 9.17) is 0 Å². The Morgan fingerprint density at radius 3 is 0.790 bits per heavy atom. The van der Waals surface area contributed by atoms with Crippen molar-refractivity contribution in [3.05, 3.63) is 0 Å². The second-order valence-corrected chi connectivity index (χ2v) is 23.7. The molecule has 0 aromatic heterocycles. The first-order valence-electron chi connectivity index (χ1n) is 24.9. The van der Waals surface area contributed by atoms with Crippen molar-refractivity contribution in [2.75, 3.05) is 129 Å². The van der Waals surface area contributed by atoms with E-state index in [-0.39, 0.29) is 23.7 Å². The fourth-order valence-electron chi connectivity index (χ4n) is 6.79. The molecule has 0 heterocycles. The molecule has 62 heavy (non-hydrogen) atoms. The number of quaternary nitrogens is 4. The van der Waals surface area contributed by atoms with Crippen molar-refractivity contribution >= 4 is 67.5 Å². The maximum Gasteiger partial charge on any atom is 0.191 e. The van der Waals surface area contributed by atoms with E-state index in [0.717, 1.165) is 58.2 Å². The minimum atomic E-state index is 0.167. The number of nitrogens with zero attached hydrogens (tertiary/aromatic N) is 4. The van der Waals surface area contributed by atoms with Crippen molar-refractivity contribution in [3.63, 3.8) is 0 Å². The lowest BCUT2D eigenvalue weighted by Gasteiger charge is -2.37. The maximum absolute atomic E-state index is 11.6. The van der Waals surface area contributed by atoms with E-state index in [1.165, 1.54) is 147 Å². The van der Waals surface area contributed by atoms with E-state index in [1.54, 1.807) is 0 Å². The van der Waals surface area contributed by atoms with Crippen molar-refractivity contribution in [3.8, 4) is 0 Å². The molecule has 0 aromatic carbocycles. The summed E-state index contributed by atoms with van der Waals surface area (Å²) in [6.45, 7) is 51.5. The molecule has 12 heteroatoms. The first kappa shape index (κ1) is 68.5. The SMILES string of the molecule is CC(C)C(=O)SCC[N+](C)(C)C.CCCC[N+](CC)(CCC)CCSC(=O)C(C)C.CCC[N+](CC)(CCC)CCSC(=O)C(C)C.CC[N+](CC)(CC)CCSC(=O)C(C)C. The van der Waals surface area contributed by atoms with E-state index >= 15 is 0 Å². The molecule has 1 atom stereocenters. The Balaban J connectivity index is -0.000000365. The van der Waals surface area contributed by atoms with Gasteiger partial charge in [0.1, 0.15) is 0 Å². The summed E-state index contributed by atoms with van der Waals surface area (Å²) < 4.78 is 4.45. The first-order chi connectivity index (χ1) is 28.9. The second kappa shape index (κ2) is 40.0. The summed E-state index contributed by atoms with van der Waals surface area (Å²) >= 11 is 6.02. The zero-order chi connectivity index (χ0) is 49.0. The van der Waals surface area contributed by atoms with Crippen molar-refractivity contribution in [1.82, 2.24) is 0 Å². The Labute approximate surface area is 405 Å². The number of unbranched alkanes of at least 4 members (excludes halogenated alkanes) is 1. The maximum atomic E-state index is 11.6. The van der Waals surface area contributed by atoms with Crippen molar-refractivity contribution < 1.29 is 37.1 Å². The smallest absolute Gasteiger partial charge is 0.191 e.